The number of ether oxygens (including phenoxy) is 1. The van der Waals surface area contributed by atoms with Crippen LogP contribution in [0.1, 0.15) is 22.8 Å². The first kappa shape index (κ1) is 18.4. The number of aliphatic hydroxyl groups excluding tert-OH is 1. The van der Waals surface area contributed by atoms with Crippen LogP contribution in [0.25, 0.3) is 0 Å². The van der Waals surface area contributed by atoms with Gasteiger partial charge in [0.25, 0.3) is 0 Å². The Bertz CT molecular complexity index is 789. The second-order valence-electron chi connectivity index (χ2n) is 5.82. The van der Waals surface area contributed by atoms with Gasteiger partial charge in [0.15, 0.2) is 0 Å². The Morgan fingerprint density at radius 1 is 1.17 bits per heavy atom. The molecule has 6 heteroatoms. The topological polar surface area (TPSA) is 66.8 Å². The zero-order valence-corrected chi connectivity index (χ0v) is 15.0. The molecule has 0 aliphatic rings. The van der Waals surface area contributed by atoms with Crippen LogP contribution < -0.4 is 4.74 Å². The summed E-state index contributed by atoms with van der Waals surface area (Å²) in [5, 5.41) is 10.3. The van der Waals surface area contributed by atoms with Gasteiger partial charge in [-0.2, -0.15) is 0 Å². The van der Waals surface area contributed by atoms with Crippen molar-refractivity contribution in [2.24, 2.45) is 0 Å². The summed E-state index contributed by atoms with van der Waals surface area (Å²) in [4.78, 5) is 0. The third-order valence-electron chi connectivity index (χ3n) is 3.82. The van der Waals surface area contributed by atoms with Crippen LogP contribution in [0.2, 0.25) is 0 Å². The Hall–Kier alpha value is -1.89. The second-order valence-corrected chi connectivity index (χ2v) is 7.89. The Morgan fingerprint density at radius 3 is 2.54 bits per heavy atom. The van der Waals surface area contributed by atoms with Crippen LogP contribution in [0.5, 0.6) is 5.75 Å². The number of aryl methyl sites for hydroxylation is 1. The molecule has 0 aliphatic carbocycles. The van der Waals surface area contributed by atoms with Crippen molar-refractivity contribution in [1.29, 1.82) is 0 Å². The third kappa shape index (κ3) is 4.80. The monoisotopic (exact) mass is 349 g/mol. The molecule has 0 saturated carbocycles. The molecule has 5 nitrogen and oxygen atoms in total. The van der Waals surface area contributed by atoms with Gasteiger partial charge in [0.2, 0.25) is 10.0 Å². The minimum Gasteiger partial charge on any atom is -0.497 e. The van der Waals surface area contributed by atoms with Gasteiger partial charge in [-0.3, -0.25) is 0 Å². The molecule has 0 aliphatic heterocycles. The van der Waals surface area contributed by atoms with Gasteiger partial charge in [-0.05, 0) is 30.2 Å². The fourth-order valence-electron chi connectivity index (χ4n) is 2.43. The molecule has 2 aromatic rings. The number of nitrogens with zero attached hydrogens (tertiary/aromatic N) is 1. The lowest BCUT2D eigenvalue weighted by atomic mass is 10.1. The van der Waals surface area contributed by atoms with E-state index in [0.29, 0.717) is 11.3 Å². The van der Waals surface area contributed by atoms with Gasteiger partial charge in [-0.1, -0.05) is 42.0 Å². The number of hydrogen-bond acceptors (Lipinski definition) is 4. The molecule has 0 fully saturated rings. The van der Waals surface area contributed by atoms with Gasteiger partial charge in [-0.25, -0.2) is 12.7 Å². The third-order valence-corrected chi connectivity index (χ3v) is 5.61. The zero-order chi connectivity index (χ0) is 17.7. The summed E-state index contributed by atoms with van der Waals surface area (Å²) in [5.74, 6) is 0.535. The number of aliphatic hydroxyl groups is 1. The van der Waals surface area contributed by atoms with E-state index in [4.69, 9.17) is 4.74 Å². The van der Waals surface area contributed by atoms with Crippen LogP contribution in [0.3, 0.4) is 0 Å². The normalized spacial score (nSPS) is 13.0. The molecule has 0 heterocycles. The van der Waals surface area contributed by atoms with Gasteiger partial charge in [0.05, 0.1) is 19.0 Å². The lowest BCUT2D eigenvalue weighted by Gasteiger charge is -2.21. The van der Waals surface area contributed by atoms with Crippen LogP contribution >= 0.6 is 0 Å². The first-order chi connectivity index (χ1) is 11.3. The Balaban J connectivity index is 2.08. The Kier molecular flexibility index (Phi) is 5.99. The van der Waals surface area contributed by atoms with Crippen LogP contribution in [0.15, 0.2) is 48.5 Å². The smallest absolute Gasteiger partial charge is 0.218 e. The van der Waals surface area contributed by atoms with E-state index in [1.54, 1.807) is 37.4 Å². The molecule has 0 aromatic heterocycles. The lowest BCUT2D eigenvalue weighted by molar-refractivity contribution is 0.154. The molecule has 1 atom stereocenters. The molecule has 0 amide bonds. The summed E-state index contributed by atoms with van der Waals surface area (Å²) in [6.07, 6.45) is -0.919. The first-order valence-electron chi connectivity index (χ1n) is 7.63. The first-order valence-corrected chi connectivity index (χ1v) is 9.24. The maximum atomic E-state index is 12.5. The highest BCUT2D eigenvalue weighted by atomic mass is 32.2. The molecule has 2 aromatic carbocycles. The molecule has 24 heavy (non-hydrogen) atoms. The zero-order valence-electron chi connectivity index (χ0n) is 14.1. The number of benzene rings is 2. The van der Waals surface area contributed by atoms with E-state index in [9.17, 15) is 13.5 Å². The Labute approximate surface area is 143 Å². The largest absolute Gasteiger partial charge is 0.497 e. The summed E-state index contributed by atoms with van der Waals surface area (Å²) in [5.41, 5.74) is 2.37. The number of rotatable bonds is 7. The molecule has 0 spiro atoms. The van der Waals surface area contributed by atoms with E-state index in [0.717, 1.165) is 11.1 Å². The minimum atomic E-state index is -3.51. The van der Waals surface area contributed by atoms with Gasteiger partial charge in [0.1, 0.15) is 5.75 Å². The van der Waals surface area contributed by atoms with Crippen molar-refractivity contribution in [3.05, 3.63) is 65.2 Å². The average Bonchev–Trinajstić information content (AvgIpc) is 2.54. The second kappa shape index (κ2) is 7.79. The predicted octanol–water partition coefficient (Wildman–Crippen LogP) is 2.50. The van der Waals surface area contributed by atoms with Crippen molar-refractivity contribution >= 4 is 10.0 Å². The highest BCUT2D eigenvalue weighted by Crippen LogP contribution is 2.21. The van der Waals surface area contributed by atoms with E-state index >= 15 is 0 Å². The highest BCUT2D eigenvalue weighted by molar-refractivity contribution is 7.88. The molecule has 0 bridgehead atoms. The quantitative estimate of drug-likeness (QED) is 0.834. The summed E-state index contributed by atoms with van der Waals surface area (Å²) < 4.78 is 31.3. The van der Waals surface area contributed by atoms with Crippen LogP contribution in [0, 0.1) is 6.92 Å². The van der Waals surface area contributed by atoms with Gasteiger partial charge >= 0.3 is 0 Å². The summed E-state index contributed by atoms with van der Waals surface area (Å²) >= 11 is 0. The van der Waals surface area contributed by atoms with E-state index in [1.807, 2.05) is 25.1 Å². The summed E-state index contributed by atoms with van der Waals surface area (Å²) in [7, 11) is -0.481. The van der Waals surface area contributed by atoms with Gasteiger partial charge in [-0.15, -0.1) is 0 Å². The number of methoxy groups -OCH3 is 1. The molecule has 1 unspecified atom stereocenters. The van der Waals surface area contributed by atoms with Crippen molar-refractivity contribution in [1.82, 2.24) is 4.31 Å². The fraction of sp³-hybridized carbons (Fsp3) is 0.333. The van der Waals surface area contributed by atoms with Crippen molar-refractivity contribution in [3.8, 4) is 5.75 Å². The van der Waals surface area contributed by atoms with Crippen LogP contribution in [-0.4, -0.2) is 38.5 Å². The predicted molar refractivity (Wildman–Crippen MR) is 94.4 cm³/mol. The van der Waals surface area contributed by atoms with Gasteiger partial charge < -0.3 is 9.84 Å². The summed E-state index contributed by atoms with van der Waals surface area (Å²) in [6, 6.07) is 14.4. The number of hydrogen-bond donors (Lipinski definition) is 1. The molecule has 0 saturated heterocycles. The molecule has 2 rings (SSSR count). The van der Waals surface area contributed by atoms with Crippen molar-refractivity contribution in [2.75, 3.05) is 20.7 Å². The lowest BCUT2D eigenvalue weighted by Crippen LogP contribution is -2.32. The highest BCUT2D eigenvalue weighted by Gasteiger charge is 2.22. The molecule has 0 radical (unpaired) electrons. The van der Waals surface area contributed by atoms with Crippen molar-refractivity contribution in [3.63, 3.8) is 0 Å². The van der Waals surface area contributed by atoms with E-state index in [2.05, 4.69) is 0 Å². The van der Waals surface area contributed by atoms with Crippen LogP contribution in [0.4, 0.5) is 0 Å². The maximum absolute atomic E-state index is 12.5. The molecular weight excluding hydrogens is 326 g/mol. The average molecular weight is 349 g/mol. The van der Waals surface area contributed by atoms with E-state index in [1.165, 1.54) is 11.4 Å². The van der Waals surface area contributed by atoms with Crippen molar-refractivity contribution < 1.29 is 18.3 Å². The number of sulfonamides is 1. The SMILES string of the molecule is COc1cccc(C(O)CN(C)S(=O)(=O)Cc2cccc(C)c2)c1. The van der Waals surface area contributed by atoms with Crippen molar-refractivity contribution in [2.45, 2.75) is 18.8 Å². The summed E-state index contributed by atoms with van der Waals surface area (Å²) in [6.45, 7) is 1.91. The fourth-order valence-corrected chi connectivity index (χ4v) is 3.62. The minimum absolute atomic E-state index is 0.0126. The van der Waals surface area contributed by atoms with E-state index < -0.39 is 16.1 Å². The standard InChI is InChI=1S/C18H23NO4S/c1-14-6-4-7-15(10-14)13-24(21,22)19(2)12-18(20)16-8-5-9-17(11-16)23-3/h4-11,18,20H,12-13H2,1-3H3. The molecular formula is C18H23NO4S. The van der Waals surface area contributed by atoms with Gasteiger partial charge in [0, 0.05) is 13.6 Å². The van der Waals surface area contributed by atoms with E-state index in [-0.39, 0.29) is 12.3 Å². The number of likely N-dealkylation sites (N-methyl/N-ethyl adjacent to an activating group) is 1. The maximum Gasteiger partial charge on any atom is 0.218 e. The molecule has 1 N–H and O–H groups in total. The Morgan fingerprint density at radius 2 is 1.88 bits per heavy atom. The van der Waals surface area contributed by atoms with Crippen LogP contribution in [-0.2, 0) is 15.8 Å². The molecule has 130 valence electrons.